The molecule has 0 aliphatic heterocycles. The molecule has 0 saturated carbocycles. The summed E-state index contributed by atoms with van der Waals surface area (Å²) in [5.74, 6) is 0.562. The molecule has 0 saturated heterocycles. The van der Waals surface area contributed by atoms with E-state index in [4.69, 9.17) is 4.74 Å². The molecule has 0 aliphatic carbocycles. The number of carbonyl (C=O) groups excluding carboxylic acids is 1. The first-order valence-electron chi connectivity index (χ1n) is 7.13. The summed E-state index contributed by atoms with van der Waals surface area (Å²) in [4.78, 5) is 20.3. The highest BCUT2D eigenvalue weighted by Crippen LogP contribution is 2.20. The Morgan fingerprint density at radius 2 is 2.13 bits per heavy atom. The summed E-state index contributed by atoms with van der Waals surface area (Å²) in [6.07, 6.45) is 3.41. The minimum atomic E-state index is -0.269. The van der Waals surface area contributed by atoms with Crippen LogP contribution in [0.3, 0.4) is 0 Å². The number of methoxy groups -OCH3 is 1. The fourth-order valence-electron chi connectivity index (χ4n) is 2.16. The summed E-state index contributed by atoms with van der Waals surface area (Å²) >= 11 is 0. The van der Waals surface area contributed by atoms with Crippen LogP contribution in [-0.4, -0.2) is 23.1 Å². The van der Waals surface area contributed by atoms with E-state index in [0.29, 0.717) is 18.1 Å². The van der Waals surface area contributed by atoms with E-state index in [-0.39, 0.29) is 6.03 Å². The van der Waals surface area contributed by atoms with Gasteiger partial charge in [-0.1, -0.05) is 6.07 Å². The van der Waals surface area contributed by atoms with Crippen molar-refractivity contribution >= 4 is 22.6 Å². The highest BCUT2D eigenvalue weighted by molar-refractivity contribution is 5.92. The van der Waals surface area contributed by atoms with Gasteiger partial charge in [0.2, 0.25) is 5.88 Å². The molecule has 6 nitrogen and oxygen atoms in total. The maximum absolute atomic E-state index is 11.9. The Morgan fingerprint density at radius 1 is 1.22 bits per heavy atom. The zero-order chi connectivity index (χ0) is 16.1. The van der Waals surface area contributed by atoms with Crippen molar-refractivity contribution in [2.45, 2.75) is 6.54 Å². The van der Waals surface area contributed by atoms with Crippen LogP contribution in [0.5, 0.6) is 5.88 Å². The maximum Gasteiger partial charge on any atom is 0.319 e. The van der Waals surface area contributed by atoms with Crippen LogP contribution in [0.25, 0.3) is 10.9 Å². The van der Waals surface area contributed by atoms with E-state index in [9.17, 15) is 4.79 Å². The van der Waals surface area contributed by atoms with Crippen LogP contribution >= 0.6 is 0 Å². The molecule has 3 rings (SSSR count). The highest BCUT2D eigenvalue weighted by atomic mass is 16.5. The SMILES string of the molecule is COc1ccc2cc(NC(=O)NCc3cccnc3)ccc2n1. The first-order chi connectivity index (χ1) is 11.2. The lowest BCUT2D eigenvalue weighted by molar-refractivity contribution is 0.251. The van der Waals surface area contributed by atoms with Crippen LogP contribution in [-0.2, 0) is 6.54 Å². The van der Waals surface area contributed by atoms with Gasteiger partial charge in [0, 0.05) is 36.1 Å². The Balaban J connectivity index is 1.65. The normalized spacial score (nSPS) is 10.3. The van der Waals surface area contributed by atoms with E-state index in [0.717, 1.165) is 16.5 Å². The monoisotopic (exact) mass is 308 g/mol. The fourth-order valence-corrected chi connectivity index (χ4v) is 2.16. The number of fused-ring (bicyclic) bond motifs is 1. The second kappa shape index (κ2) is 6.74. The van der Waals surface area contributed by atoms with Crippen molar-refractivity contribution in [3.8, 4) is 5.88 Å². The van der Waals surface area contributed by atoms with Crippen LogP contribution < -0.4 is 15.4 Å². The van der Waals surface area contributed by atoms with E-state index in [1.54, 1.807) is 31.6 Å². The van der Waals surface area contributed by atoms with Crippen molar-refractivity contribution in [3.63, 3.8) is 0 Å². The van der Waals surface area contributed by atoms with Crippen molar-refractivity contribution in [2.24, 2.45) is 0 Å². The molecule has 23 heavy (non-hydrogen) atoms. The number of urea groups is 1. The molecule has 0 unspecified atom stereocenters. The summed E-state index contributed by atoms with van der Waals surface area (Å²) in [6.45, 7) is 0.423. The number of rotatable bonds is 4. The molecule has 1 aromatic carbocycles. The summed E-state index contributed by atoms with van der Waals surface area (Å²) in [7, 11) is 1.58. The minimum absolute atomic E-state index is 0.269. The van der Waals surface area contributed by atoms with Gasteiger partial charge in [-0.15, -0.1) is 0 Å². The number of carbonyl (C=O) groups is 1. The van der Waals surface area contributed by atoms with Gasteiger partial charge in [-0.25, -0.2) is 9.78 Å². The predicted molar refractivity (Wildman–Crippen MR) is 88.4 cm³/mol. The number of aromatic nitrogens is 2. The van der Waals surface area contributed by atoms with Gasteiger partial charge in [-0.3, -0.25) is 4.98 Å². The standard InChI is InChI=1S/C17H16N4O2/c1-23-16-7-4-13-9-14(5-6-15(13)21-16)20-17(22)19-11-12-3-2-8-18-10-12/h2-10H,11H2,1H3,(H2,19,20,22). The molecule has 0 aliphatic rings. The third-order valence-corrected chi connectivity index (χ3v) is 3.31. The molecule has 2 aromatic heterocycles. The summed E-state index contributed by atoms with van der Waals surface area (Å²) < 4.78 is 5.10. The van der Waals surface area contributed by atoms with Crippen molar-refractivity contribution in [2.75, 3.05) is 12.4 Å². The van der Waals surface area contributed by atoms with Crippen molar-refractivity contribution in [3.05, 3.63) is 60.4 Å². The number of nitrogens with one attached hydrogen (secondary N) is 2. The molecular formula is C17H16N4O2. The number of amides is 2. The number of pyridine rings is 2. The molecule has 2 N–H and O–H groups in total. The first-order valence-corrected chi connectivity index (χ1v) is 7.13. The van der Waals surface area contributed by atoms with Gasteiger partial charge in [0.1, 0.15) is 0 Å². The Labute approximate surface area is 133 Å². The molecule has 0 radical (unpaired) electrons. The maximum atomic E-state index is 11.9. The molecular weight excluding hydrogens is 292 g/mol. The van der Waals surface area contributed by atoms with Crippen LogP contribution in [0, 0.1) is 0 Å². The zero-order valence-electron chi connectivity index (χ0n) is 12.6. The lowest BCUT2D eigenvalue weighted by Crippen LogP contribution is -2.28. The predicted octanol–water partition coefficient (Wildman–Crippen LogP) is 2.96. The van der Waals surface area contributed by atoms with Gasteiger partial charge >= 0.3 is 6.03 Å². The minimum Gasteiger partial charge on any atom is -0.481 e. The second-order valence-corrected chi connectivity index (χ2v) is 4.93. The molecule has 2 amide bonds. The average molecular weight is 308 g/mol. The van der Waals surface area contributed by atoms with Crippen LogP contribution in [0.1, 0.15) is 5.56 Å². The van der Waals surface area contributed by atoms with Gasteiger partial charge in [0.15, 0.2) is 0 Å². The molecule has 3 aromatic rings. The Morgan fingerprint density at radius 3 is 2.91 bits per heavy atom. The zero-order valence-corrected chi connectivity index (χ0v) is 12.6. The van der Waals surface area contributed by atoms with Crippen molar-refractivity contribution in [1.29, 1.82) is 0 Å². The number of hydrogen-bond donors (Lipinski definition) is 2. The number of anilines is 1. The fraction of sp³-hybridized carbons (Fsp3) is 0.118. The molecule has 0 atom stereocenters. The highest BCUT2D eigenvalue weighted by Gasteiger charge is 2.04. The topological polar surface area (TPSA) is 76.1 Å². The summed E-state index contributed by atoms with van der Waals surface area (Å²) in [5.41, 5.74) is 2.45. The van der Waals surface area contributed by atoms with Crippen LogP contribution in [0.15, 0.2) is 54.9 Å². The van der Waals surface area contributed by atoms with Crippen LogP contribution in [0.2, 0.25) is 0 Å². The Hall–Kier alpha value is -3.15. The smallest absolute Gasteiger partial charge is 0.319 e. The lowest BCUT2D eigenvalue weighted by Gasteiger charge is -2.08. The summed E-state index contributed by atoms with van der Waals surface area (Å²) in [6, 6.07) is 12.7. The average Bonchev–Trinajstić information content (AvgIpc) is 2.60. The van der Waals surface area contributed by atoms with Crippen molar-refractivity contribution < 1.29 is 9.53 Å². The Kier molecular flexibility index (Phi) is 4.33. The molecule has 116 valence electrons. The first kappa shape index (κ1) is 14.8. The third-order valence-electron chi connectivity index (χ3n) is 3.31. The van der Waals surface area contributed by atoms with Crippen LogP contribution in [0.4, 0.5) is 10.5 Å². The molecule has 0 fully saturated rings. The van der Waals surface area contributed by atoms with E-state index < -0.39 is 0 Å². The number of hydrogen-bond acceptors (Lipinski definition) is 4. The largest absolute Gasteiger partial charge is 0.481 e. The molecule has 2 heterocycles. The molecule has 0 bridgehead atoms. The van der Waals surface area contributed by atoms with E-state index in [2.05, 4.69) is 20.6 Å². The Bertz CT molecular complexity index is 821. The van der Waals surface area contributed by atoms with E-state index in [1.165, 1.54) is 0 Å². The van der Waals surface area contributed by atoms with Gasteiger partial charge in [-0.05, 0) is 35.9 Å². The summed E-state index contributed by atoms with van der Waals surface area (Å²) in [5, 5.41) is 6.52. The van der Waals surface area contributed by atoms with Gasteiger partial charge in [0.25, 0.3) is 0 Å². The quantitative estimate of drug-likeness (QED) is 0.777. The van der Waals surface area contributed by atoms with Crippen molar-refractivity contribution in [1.82, 2.24) is 15.3 Å². The third kappa shape index (κ3) is 3.74. The number of ether oxygens (including phenoxy) is 1. The molecule has 0 spiro atoms. The van der Waals surface area contributed by atoms with Gasteiger partial charge in [0.05, 0.1) is 12.6 Å². The van der Waals surface area contributed by atoms with Gasteiger partial charge < -0.3 is 15.4 Å². The number of benzene rings is 1. The van der Waals surface area contributed by atoms with E-state index in [1.807, 2.05) is 30.3 Å². The van der Waals surface area contributed by atoms with E-state index >= 15 is 0 Å². The second-order valence-electron chi connectivity index (χ2n) is 4.93. The molecule has 6 heteroatoms. The lowest BCUT2D eigenvalue weighted by atomic mass is 10.2. The van der Waals surface area contributed by atoms with Gasteiger partial charge in [-0.2, -0.15) is 0 Å². The number of nitrogens with zero attached hydrogens (tertiary/aromatic N) is 2.